The maximum absolute atomic E-state index is 12.8. The standard InChI is InChI=1S/C21H26N2O5S/c1-3-27-18-7-5-8-19(15-18)28-17-10-12-23(13-11-17)21(24)16-6-4-9-20(14-16)29(25,26)22-2/h4-9,14-15,17,22H,3,10-13H2,1-2H3. The number of hydrogen-bond acceptors (Lipinski definition) is 5. The summed E-state index contributed by atoms with van der Waals surface area (Å²) in [7, 11) is -2.24. The summed E-state index contributed by atoms with van der Waals surface area (Å²) in [5.74, 6) is 1.36. The summed E-state index contributed by atoms with van der Waals surface area (Å²) in [6.07, 6.45) is 1.44. The number of ether oxygens (including phenoxy) is 2. The lowest BCUT2D eigenvalue weighted by Gasteiger charge is -2.32. The van der Waals surface area contributed by atoms with E-state index in [-0.39, 0.29) is 16.9 Å². The minimum absolute atomic E-state index is 0.0203. The number of carbonyl (C=O) groups is 1. The number of rotatable bonds is 7. The molecule has 0 bridgehead atoms. The summed E-state index contributed by atoms with van der Waals surface area (Å²) in [4.78, 5) is 14.6. The van der Waals surface area contributed by atoms with Gasteiger partial charge in [0, 0.05) is 37.6 Å². The molecule has 0 unspecified atom stereocenters. The molecule has 1 fully saturated rings. The Labute approximate surface area is 171 Å². The van der Waals surface area contributed by atoms with Gasteiger partial charge >= 0.3 is 0 Å². The molecule has 8 heteroatoms. The summed E-state index contributed by atoms with van der Waals surface area (Å²) in [5.41, 5.74) is 0.366. The van der Waals surface area contributed by atoms with Crippen molar-refractivity contribution in [3.63, 3.8) is 0 Å². The van der Waals surface area contributed by atoms with Crippen molar-refractivity contribution < 1.29 is 22.7 Å². The van der Waals surface area contributed by atoms with Crippen LogP contribution in [-0.2, 0) is 10.0 Å². The minimum atomic E-state index is -3.59. The Morgan fingerprint density at radius 3 is 2.48 bits per heavy atom. The first kappa shape index (κ1) is 21.1. The molecular weight excluding hydrogens is 392 g/mol. The summed E-state index contributed by atoms with van der Waals surface area (Å²) >= 11 is 0. The first-order chi connectivity index (χ1) is 13.9. The maximum Gasteiger partial charge on any atom is 0.253 e. The number of piperidine rings is 1. The van der Waals surface area contributed by atoms with Crippen LogP contribution in [0, 0.1) is 0 Å². The van der Waals surface area contributed by atoms with Crippen LogP contribution in [0.25, 0.3) is 0 Å². The van der Waals surface area contributed by atoms with E-state index in [2.05, 4.69) is 4.72 Å². The minimum Gasteiger partial charge on any atom is -0.494 e. The molecule has 1 heterocycles. The van der Waals surface area contributed by atoms with E-state index in [9.17, 15) is 13.2 Å². The second-order valence-corrected chi connectivity index (χ2v) is 8.64. The number of nitrogens with zero attached hydrogens (tertiary/aromatic N) is 1. The van der Waals surface area contributed by atoms with E-state index < -0.39 is 10.0 Å². The molecule has 0 saturated carbocycles. The number of likely N-dealkylation sites (tertiary alicyclic amines) is 1. The van der Waals surface area contributed by atoms with Gasteiger partial charge in [0.05, 0.1) is 11.5 Å². The largest absolute Gasteiger partial charge is 0.494 e. The van der Waals surface area contributed by atoms with Gasteiger partial charge in [-0.3, -0.25) is 4.79 Å². The number of nitrogens with one attached hydrogen (secondary N) is 1. The van der Waals surface area contributed by atoms with Crippen molar-refractivity contribution in [2.75, 3.05) is 26.7 Å². The van der Waals surface area contributed by atoms with Crippen molar-refractivity contribution in [1.82, 2.24) is 9.62 Å². The molecule has 156 valence electrons. The zero-order chi connectivity index (χ0) is 20.9. The van der Waals surface area contributed by atoms with Crippen molar-refractivity contribution >= 4 is 15.9 Å². The highest BCUT2D eigenvalue weighted by atomic mass is 32.2. The molecule has 1 saturated heterocycles. The van der Waals surface area contributed by atoms with Crippen LogP contribution in [0.5, 0.6) is 11.5 Å². The lowest BCUT2D eigenvalue weighted by atomic mass is 10.1. The van der Waals surface area contributed by atoms with E-state index >= 15 is 0 Å². The molecule has 29 heavy (non-hydrogen) atoms. The Morgan fingerprint density at radius 2 is 1.79 bits per heavy atom. The van der Waals surface area contributed by atoms with Gasteiger partial charge in [0.1, 0.15) is 17.6 Å². The number of carbonyl (C=O) groups excluding carboxylic acids is 1. The van der Waals surface area contributed by atoms with E-state index in [0.29, 0.717) is 38.1 Å². The zero-order valence-electron chi connectivity index (χ0n) is 16.6. The predicted octanol–water partition coefficient (Wildman–Crippen LogP) is 2.68. The number of amides is 1. The quantitative estimate of drug-likeness (QED) is 0.747. The molecule has 2 aromatic carbocycles. The van der Waals surface area contributed by atoms with Gasteiger partial charge in [0.2, 0.25) is 10.0 Å². The van der Waals surface area contributed by atoms with E-state index in [4.69, 9.17) is 9.47 Å². The highest BCUT2D eigenvalue weighted by molar-refractivity contribution is 7.89. The molecule has 0 atom stereocenters. The molecule has 1 aliphatic rings. The third-order valence-electron chi connectivity index (χ3n) is 4.81. The van der Waals surface area contributed by atoms with Crippen LogP contribution in [0.2, 0.25) is 0 Å². The van der Waals surface area contributed by atoms with E-state index in [0.717, 1.165) is 11.5 Å². The molecule has 1 aliphatic heterocycles. The van der Waals surface area contributed by atoms with Crippen molar-refractivity contribution in [1.29, 1.82) is 0 Å². The zero-order valence-corrected chi connectivity index (χ0v) is 17.4. The molecule has 1 N–H and O–H groups in total. The summed E-state index contributed by atoms with van der Waals surface area (Å²) in [5, 5.41) is 0. The third kappa shape index (κ3) is 5.27. The molecule has 0 aliphatic carbocycles. The smallest absolute Gasteiger partial charge is 0.253 e. The molecule has 2 aromatic rings. The SMILES string of the molecule is CCOc1cccc(OC2CCN(C(=O)c3cccc(S(=O)(=O)NC)c3)CC2)c1. The first-order valence-corrected chi connectivity index (χ1v) is 11.1. The average molecular weight is 419 g/mol. The van der Waals surface area contributed by atoms with Crippen LogP contribution in [0.1, 0.15) is 30.1 Å². The van der Waals surface area contributed by atoms with Crippen LogP contribution >= 0.6 is 0 Å². The van der Waals surface area contributed by atoms with Crippen LogP contribution in [0.3, 0.4) is 0 Å². The maximum atomic E-state index is 12.8. The van der Waals surface area contributed by atoms with Crippen LogP contribution in [0.15, 0.2) is 53.4 Å². The Hall–Kier alpha value is -2.58. The van der Waals surface area contributed by atoms with E-state index in [1.54, 1.807) is 17.0 Å². The van der Waals surface area contributed by atoms with Gasteiger partial charge in [0.15, 0.2) is 0 Å². The fourth-order valence-corrected chi connectivity index (χ4v) is 4.05. The molecule has 3 rings (SSSR count). The monoisotopic (exact) mass is 418 g/mol. The number of hydrogen-bond donors (Lipinski definition) is 1. The Morgan fingerprint density at radius 1 is 1.10 bits per heavy atom. The van der Waals surface area contributed by atoms with Gasteiger partial charge in [-0.1, -0.05) is 12.1 Å². The fourth-order valence-electron chi connectivity index (χ4n) is 3.27. The lowest BCUT2D eigenvalue weighted by molar-refractivity contribution is 0.0595. The average Bonchev–Trinajstić information content (AvgIpc) is 2.74. The Bertz CT molecular complexity index is 953. The number of benzene rings is 2. The molecular formula is C21H26N2O5S. The second-order valence-electron chi connectivity index (χ2n) is 6.75. The highest BCUT2D eigenvalue weighted by Gasteiger charge is 2.25. The van der Waals surface area contributed by atoms with Crippen molar-refractivity contribution in [2.45, 2.75) is 30.8 Å². The van der Waals surface area contributed by atoms with Gasteiger partial charge < -0.3 is 14.4 Å². The Kier molecular flexibility index (Phi) is 6.76. The van der Waals surface area contributed by atoms with Crippen molar-refractivity contribution in [3.8, 4) is 11.5 Å². The van der Waals surface area contributed by atoms with E-state index in [1.807, 2.05) is 31.2 Å². The van der Waals surface area contributed by atoms with Gasteiger partial charge in [-0.15, -0.1) is 0 Å². The predicted molar refractivity (Wildman–Crippen MR) is 110 cm³/mol. The van der Waals surface area contributed by atoms with Crippen LogP contribution < -0.4 is 14.2 Å². The molecule has 1 amide bonds. The Balaban J connectivity index is 1.60. The normalized spacial score (nSPS) is 15.2. The highest BCUT2D eigenvalue weighted by Crippen LogP contribution is 2.24. The lowest BCUT2D eigenvalue weighted by Crippen LogP contribution is -2.41. The topological polar surface area (TPSA) is 84.9 Å². The first-order valence-electron chi connectivity index (χ1n) is 9.65. The van der Waals surface area contributed by atoms with Gasteiger partial charge in [-0.2, -0.15) is 0 Å². The molecule has 0 spiro atoms. The van der Waals surface area contributed by atoms with Crippen molar-refractivity contribution in [2.24, 2.45) is 0 Å². The van der Waals surface area contributed by atoms with Crippen LogP contribution in [-0.4, -0.2) is 52.1 Å². The van der Waals surface area contributed by atoms with E-state index in [1.165, 1.54) is 19.2 Å². The summed E-state index contributed by atoms with van der Waals surface area (Å²) < 4.78 is 37.8. The second kappa shape index (κ2) is 9.28. The molecule has 0 radical (unpaired) electrons. The van der Waals surface area contributed by atoms with Crippen LogP contribution in [0.4, 0.5) is 0 Å². The third-order valence-corrected chi connectivity index (χ3v) is 6.22. The van der Waals surface area contributed by atoms with Gasteiger partial charge in [0.25, 0.3) is 5.91 Å². The van der Waals surface area contributed by atoms with Gasteiger partial charge in [-0.25, -0.2) is 13.1 Å². The van der Waals surface area contributed by atoms with Crippen molar-refractivity contribution in [3.05, 3.63) is 54.1 Å². The number of sulfonamides is 1. The van der Waals surface area contributed by atoms with Gasteiger partial charge in [-0.05, 0) is 44.3 Å². The fraction of sp³-hybridized carbons (Fsp3) is 0.381. The molecule has 7 nitrogen and oxygen atoms in total. The summed E-state index contributed by atoms with van der Waals surface area (Å²) in [6, 6.07) is 13.7. The summed E-state index contributed by atoms with van der Waals surface area (Å²) in [6.45, 7) is 3.64. The molecule has 0 aromatic heterocycles.